The molecule has 1 amide bonds. The Bertz CT molecular complexity index is 409. The van der Waals surface area contributed by atoms with Gasteiger partial charge in [0, 0.05) is 23.5 Å². The molecule has 4 heteroatoms. The van der Waals surface area contributed by atoms with Gasteiger partial charge < -0.3 is 10.6 Å². The van der Waals surface area contributed by atoms with Crippen molar-refractivity contribution in [2.45, 2.75) is 33.2 Å². The van der Waals surface area contributed by atoms with Gasteiger partial charge in [-0.2, -0.15) is 0 Å². The Morgan fingerprint density at radius 3 is 2.74 bits per heavy atom. The smallest absolute Gasteiger partial charge is 0.224 e. The molecule has 0 aliphatic heterocycles. The van der Waals surface area contributed by atoms with Crippen molar-refractivity contribution in [2.75, 3.05) is 13.1 Å². The predicted molar refractivity (Wildman–Crippen MR) is 80.5 cm³/mol. The van der Waals surface area contributed by atoms with E-state index in [1.54, 1.807) is 0 Å². The van der Waals surface area contributed by atoms with Crippen LogP contribution in [0.4, 0.5) is 0 Å². The standard InChI is InChI=1S/C15H23ClN2O/c1-4-17-10-11(2)15(19)18-12(3)8-13-6-5-7-14(16)9-13/h5-7,9,11-12,17H,4,8,10H2,1-3H3,(H,18,19). The summed E-state index contributed by atoms with van der Waals surface area (Å²) in [6.07, 6.45) is 0.792. The van der Waals surface area contributed by atoms with Crippen LogP contribution in [0.1, 0.15) is 26.3 Å². The first-order valence-corrected chi connectivity index (χ1v) is 7.16. The maximum atomic E-state index is 11.9. The highest BCUT2D eigenvalue weighted by Gasteiger charge is 2.14. The minimum absolute atomic E-state index is 0.0123. The van der Waals surface area contributed by atoms with Gasteiger partial charge in [0.05, 0.1) is 0 Å². The summed E-state index contributed by atoms with van der Waals surface area (Å²) in [5, 5.41) is 6.95. The molecule has 0 radical (unpaired) electrons. The van der Waals surface area contributed by atoms with Crippen LogP contribution < -0.4 is 10.6 Å². The van der Waals surface area contributed by atoms with Crippen molar-refractivity contribution in [3.05, 3.63) is 34.9 Å². The molecule has 0 fully saturated rings. The zero-order valence-corrected chi connectivity index (χ0v) is 12.6. The summed E-state index contributed by atoms with van der Waals surface area (Å²) in [5.74, 6) is 0.0808. The van der Waals surface area contributed by atoms with Crippen LogP contribution in [0.2, 0.25) is 5.02 Å². The number of rotatable bonds is 7. The Kier molecular flexibility index (Phi) is 6.89. The molecule has 3 nitrogen and oxygen atoms in total. The van der Waals surface area contributed by atoms with E-state index >= 15 is 0 Å². The average molecular weight is 283 g/mol. The van der Waals surface area contributed by atoms with Crippen molar-refractivity contribution >= 4 is 17.5 Å². The van der Waals surface area contributed by atoms with Crippen LogP contribution in [-0.4, -0.2) is 25.0 Å². The molecule has 0 saturated heterocycles. The summed E-state index contributed by atoms with van der Waals surface area (Å²) in [7, 11) is 0. The molecule has 0 bridgehead atoms. The fourth-order valence-electron chi connectivity index (χ4n) is 1.91. The number of hydrogen-bond acceptors (Lipinski definition) is 2. The van der Waals surface area contributed by atoms with Gasteiger partial charge in [0.1, 0.15) is 0 Å². The van der Waals surface area contributed by atoms with Gasteiger partial charge in [0.25, 0.3) is 0 Å². The van der Waals surface area contributed by atoms with Crippen LogP contribution >= 0.6 is 11.6 Å². The Hall–Kier alpha value is -1.06. The zero-order chi connectivity index (χ0) is 14.3. The van der Waals surface area contributed by atoms with Crippen molar-refractivity contribution < 1.29 is 4.79 Å². The quantitative estimate of drug-likeness (QED) is 0.807. The Morgan fingerprint density at radius 1 is 1.37 bits per heavy atom. The van der Waals surface area contributed by atoms with E-state index in [1.807, 2.05) is 45.0 Å². The minimum atomic E-state index is -0.0123. The van der Waals surface area contributed by atoms with Gasteiger partial charge in [0.15, 0.2) is 0 Å². The minimum Gasteiger partial charge on any atom is -0.353 e. The molecule has 0 aliphatic carbocycles. The maximum Gasteiger partial charge on any atom is 0.224 e. The van der Waals surface area contributed by atoms with E-state index in [0.29, 0.717) is 6.54 Å². The lowest BCUT2D eigenvalue weighted by atomic mass is 10.1. The lowest BCUT2D eigenvalue weighted by Gasteiger charge is -2.18. The normalized spacial score (nSPS) is 13.9. The first kappa shape index (κ1) is 16.0. The fourth-order valence-corrected chi connectivity index (χ4v) is 2.12. The van der Waals surface area contributed by atoms with E-state index in [4.69, 9.17) is 11.6 Å². The first-order chi connectivity index (χ1) is 9.02. The Morgan fingerprint density at radius 2 is 2.11 bits per heavy atom. The number of carbonyl (C=O) groups is 1. The lowest BCUT2D eigenvalue weighted by Crippen LogP contribution is -2.40. The topological polar surface area (TPSA) is 41.1 Å². The van der Waals surface area contributed by atoms with Crippen LogP contribution in [0.25, 0.3) is 0 Å². The third kappa shape index (κ3) is 6.08. The number of benzene rings is 1. The molecule has 2 atom stereocenters. The highest BCUT2D eigenvalue weighted by Crippen LogP contribution is 2.12. The van der Waals surface area contributed by atoms with Crippen molar-refractivity contribution in [1.82, 2.24) is 10.6 Å². The second-order valence-electron chi connectivity index (χ2n) is 4.95. The molecule has 1 aromatic carbocycles. The summed E-state index contributed by atoms with van der Waals surface area (Å²) < 4.78 is 0. The number of nitrogens with one attached hydrogen (secondary N) is 2. The summed E-state index contributed by atoms with van der Waals surface area (Å²) in [6, 6.07) is 7.85. The summed E-state index contributed by atoms with van der Waals surface area (Å²) >= 11 is 5.95. The van der Waals surface area contributed by atoms with Gasteiger partial charge >= 0.3 is 0 Å². The van der Waals surface area contributed by atoms with Crippen LogP contribution in [0.5, 0.6) is 0 Å². The second-order valence-corrected chi connectivity index (χ2v) is 5.39. The monoisotopic (exact) mass is 282 g/mol. The molecule has 0 spiro atoms. The van der Waals surface area contributed by atoms with E-state index < -0.39 is 0 Å². The highest BCUT2D eigenvalue weighted by molar-refractivity contribution is 6.30. The molecular weight excluding hydrogens is 260 g/mol. The second kappa shape index (κ2) is 8.18. The van der Waals surface area contributed by atoms with E-state index in [-0.39, 0.29) is 17.9 Å². The summed E-state index contributed by atoms with van der Waals surface area (Å²) in [4.78, 5) is 11.9. The molecule has 0 heterocycles. The molecule has 1 rings (SSSR count). The number of amides is 1. The van der Waals surface area contributed by atoms with Crippen molar-refractivity contribution in [1.29, 1.82) is 0 Å². The van der Waals surface area contributed by atoms with Crippen LogP contribution in [0.15, 0.2) is 24.3 Å². The fraction of sp³-hybridized carbons (Fsp3) is 0.533. The SMILES string of the molecule is CCNCC(C)C(=O)NC(C)Cc1cccc(Cl)c1. The Labute approximate surface area is 120 Å². The number of carbonyl (C=O) groups excluding carboxylic acids is 1. The van der Waals surface area contributed by atoms with Gasteiger partial charge in [0.2, 0.25) is 5.91 Å². The highest BCUT2D eigenvalue weighted by atomic mass is 35.5. The van der Waals surface area contributed by atoms with Gasteiger partial charge in [-0.15, -0.1) is 0 Å². The van der Waals surface area contributed by atoms with E-state index in [0.717, 1.165) is 23.6 Å². The van der Waals surface area contributed by atoms with Gasteiger partial charge in [-0.1, -0.05) is 37.6 Å². The molecule has 0 aromatic heterocycles. The molecule has 106 valence electrons. The first-order valence-electron chi connectivity index (χ1n) is 6.78. The lowest BCUT2D eigenvalue weighted by molar-refractivity contribution is -0.124. The molecule has 2 unspecified atom stereocenters. The summed E-state index contributed by atoms with van der Waals surface area (Å²) in [5.41, 5.74) is 1.14. The van der Waals surface area contributed by atoms with Gasteiger partial charge in [-0.05, 0) is 37.6 Å². The van der Waals surface area contributed by atoms with Crippen LogP contribution in [0, 0.1) is 5.92 Å². The van der Waals surface area contributed by atoms with Crippen molar-refractivity contribution in [3.8, 4) is 0 Å². The maximum absolute atomic E-state index is 11.9. The molecule has 0 saturated carbocycles. The third-order valence-electron chi connectivity index (χ3n) is 2.97. The van der Waals surface area contributed by atoms with E-state index in [2.05, 4.69) is 10.6 Å². The molecule has 0 aliphatic rings. The number of hydrogen-bond donors (Lipinski definition) is 2. The molecular formula is C15H23ClN2O. The predicted octanol–water partition coefficient (Wildman–Crippen LogP) is 2.63. The van der Waals surface area contributed by atoms with Crippen molar-refractivity contribution in [2.24, 2.45) is 5.92 Å². The van der Waals surface area contributed by atoms with Crippen LogP contribution in [-0.2, 0) is 11.2 Å². The molecule has 1 aromatic rings. The largest absolute Gasteiger partial charge is 0.353 e. The molecule has 2 N–H and O–H groups in total. The van der Waals surface area contributed by atoms with Gasteiger partial charge in [-0.25, -0.2) is 0 Å². The summed E-state index contributed by atoms with van der Waals surface area (Å²) in [6.45, 7) is 7.58. The average Bonchev–Trinajstić information content (AvgIpc) is 2.35. The van der Waals surface area contributed by atoms with E-state index in [1.165, 1.54) is 0 Å². The molecule has 19 heavy (non-hydrogen) atoms. The van der Waals surface area contributed by atoms with Crippen molar-refractivity contribution in [3.63, 3.8) is 0 Å². The van der Waals surface area contributed by atoms with Crippen LogP contribution in [0.3, 0.4) is 0 Å². The van der Waals surface area contributed by atoms with Gasteiger partial charge in [-0.3, -0.25) is 4.79 Å². The Balaban J connectivity index is 2.42. The van der Waals surface area contributed by atoms with E-state index in [9.17, 15) is 4.79 Å². The number of halogens is 1. The zero-order valence-electron chi connectivity index (χ0n) is 11.9. The third-order valence-corrected chi connectivity index (χ3v) is 3.20.